The second-order valence-electron chi connectivity index (χ2n) is 5.69. The van der Waals surface area contributed by atoms with Crippen LogP contribution >= 0.6 is 67.8 Å². The van der Waals surface area contributed by atoms with Gasteiger partial charge in [-0.15, -0.1) is 0 Å². The zero-order valence-electron chi connectivity index (χ0n) is 14.4. The second kappa shape index (κ2) is 8.98. The summed E-state index contributed by atoms with van der Waals surface area (Å²) in [7, 11) is 0. The molecule has 0 atom stereocenters. The SMILES string of the molecule is CC(=O)Nc1cc(-c2c(I)cc(I)c(NC(C)=O)c2I)cc([N+](=O)[O-])c1C. The first kappa shape index (κ1) is 22.3. The van der Waals surface area contributed by atoms with Gasteiger partial charge in [0.2, 0.25) is 11.8 Å². The van der Waals surface area contributed by atoms with Crippen LogP contribution in [-0.4, -0.2) is 16.7 Å². The molecule has 2 aromatic carbocycles. The molecule has 0 aliphatic carbocycles. The van der Waals surface area contributed by atoms with Gasteiger partial charge in [-0.05, 0) is 92.4 Å². The predicted octanol–water partition coefficient (Wildman–Crippen LogP) is 5.30. The quantitative estimate of drug-likeness (QED) is 0.256. The van der Waals surface area contributed by atoms with Crippen molar-refractivity contribution in [2.75, 3.05) is 10.6 Å². The normalized spacial score (nSPS) is 10.4. The Kier molecular flexibility index (Phi) is 7.40. The summed E-state index contributed by atoms with van der Waals surface area (Å²) >= 11 is 6.42. The van der Waals surface area contributed by atoms with Crippen LogP contribution in [0.3, 0.4) is 0 Å². The molecule has 7 nitrogen and oxygen atoms in total. The number of hydrogen-bond donors (Lipinski definition) is 2. The van der Waals surface area contributed by atoms with E-state index in [1.165, 1.54) is 19.9 Å². The number of anilines is 2. The molecule has 0 fully saturated rings. The predicted molar refractivity (Wildman–Crippen MR) is 130 cm³/mol. The second-order valence-corrected chi connectivity index (χ2v) is 9.09. The van der Waals surface area contributed by atoms with E-state index in [0.29, 0.717) is 22.5 Å². The van der Waals surface area contributed by atoms with Crippen molar-refractivity contribution in [3.8, 4) is 11.1 Å². The molecule has 0 unspecified atom stereocenters. The van der Waals surface area contributed by atoms with Gasteiger partial charge in [-0.1, -0.05) is 0 Å². The maximum Gasteiger partial charge on any atom is 0.275 e. The summed E-state index contributed by atoms with van der Waals surface area (Å²) in [6.45, 7) is 4.38. The van der Waals surface area contributed by atoms with E-state index in [1.807, 2.05) is 6.07 Å². The van der Waals surface area contributed by atoms with Gasteiger partial charge in [0.05, 0.1) is 21.9 Å². The van der Waals surface area contributed by atoms with E-state index < -0.39 is 4.92 Å². The number of carbonyl (C=O) groups is 2. The van der Waals surface area contributed by atoms with Crippen molar-refractivity contribution in [1.29, 1.82) is 0 Å². The van der Waals surface area contributed by atoms with E-state index in [1.54, 1.807) is 13.0 Å². The molecule has 2 aromatic rings. The number of benzene rings is 2. The largest absolute Gasteiger partial charge is 0.326 e. The van der Waals surface area contributed by atoms with E-state index in [4.69, 9.17) is 0 Å². The van der Waals surface area contributed by atoms with Crippen molar-refractivity contribution in [2.45, 2.75) is 20.8 Å². The molecule has 142 valence electrons. The summed E-state index contributed by atoms with van der Waals surface area (Å²) in [6.07, 6.45) is 0. The summed E-state index contributed by atoms with van der Waals surface area (Å²) in [5.41, 5.74) is 2.70. The van der Waals surface area contributed by atoms with Crippen LogP contribution in [0.5, 0.6) is 0 Å². The van der Waals surface area contributed by atoms with Gasteiger partial charge in [0.15, 0.2) is 0 Å². The molecule has 0 bridgehead atoms. The number of hydrogen-bond acceptors (Lipinski definition) is 4. The molecule has 0 saturated heterocycles. The minimum absolute atomic E-state index is 0.0810. The van der Waals surface area contributed by atoms with Crippen LogP contribution in [-0.2, 0) is 9.59 Å². The number of halogens is 3. The number of rotatable bonds is 4. The zero-order valence-corrected chi connectivity index (χ0v) is 20.9. The molecule has 0 aliphatic rings. The average Bonchev–Trinajstić information content (AvgIpc) is 2.53. The highest BCUT2D eigenvalue weighted by molar-refractivity contribution is 14.1. The fourth-order valence-electron chi connectivity index (χ4n) is 2.50. The number of amides is 2. The minimum Gasteiger partial charge on any atom is -0.326 e. The van der Waals surface area contributed by atoms with E-state index in [9.17, 15) is 19.7 Å². The Labute approximate surface area is 196 Å². The third-order valence-corrected chi connectivity index (χ3v) is 6.43. The van der Waals surface area contributed by atoms with Gasteiger partial charge < -0.3 is 10.6 Å². The fourth-order valence-corrected chi connectivity index (χ4v) is 6.76. The first-order valence-electron chi connectivity index (χ1n) is 7.55. The van der Waals surface area contributed by atoms with Crippen LogP contribution in [0.2, 0.25) is 0 Å². The third-order valence-electron chi connectivity index (χ3n) is 3.65. The van der Waals surface area contributed by atoms with E-state index in [-0.39, 0.29) is 17.5 Å². The lowest BCUT2D eigenvalue weighted by molar-refractivity contribution is -0.385. The molecular weight excluding hydrogens is 691 g/mol. The molecule has 0 spiro atoms. The highest BCUT2D eigenvalue weighted by atomic mass is 127. The molecular formula is C17H14I3N3O4. The van der Waals surface area contributed by atoms with E-state index in [2.05, 4.69) is 78.4 Å². The van der Waals surface area contributed by atoms with Gasteiger partial charge in [0.25, 0.3) is 5.69 Å². The van der Waals surface area contributed by atoms with Crippen molar-refractivity contribution in [3.63, 3.8) is 0 Å². The smallest absolute Gasteiger partial charge is 0.275 e. The van der Waals surface area contributed by atoms with Gasteiger partial charge in [-0.2, -0.15) is 0 Å². The van der Waals surface area contributed by atoms with Crippen LogP contribution in [0.4, 0.5) is 17.1 Å². The molecule has 0 aromatic heterocycles. The molecule has 0 radical (unpaired) electrons. The summed E-state index contributed by atoms with van der Waals surface area (Å²) in [5, 5.41) is 17.0. The fraction of sp³-hybridized carbons (Fsp3) is 0.176. The van der Waals surface area contributed by atoms with Gasteiger partial charge in [-0.25, -0.2) is 0 Å². The Morgan fingerprint density at radius 1 is 1.00 bits per heavy atom. The highest BCUT2D eigenvalue weighted by Crippen LogP contribution is 2.41. The van der Waals surface area contributed by atoms with Crippen LogP contribution in [0.15, 0.2) is 18.2 Å². The number of nitrogens with one attached hydrogen (secondary N) is 2. The summed E-state index contributed by atoms with van der Waals surface area (Å²) in [6, 6.07) is 5.10. The molecule has 2 amide bonds. The maximum atomic E-state index is 11.6. The van der Waals surface area contributed by atoms with Gasteiger partial charge >= 0.3 is 0 Å². The van der Waals surface area contributed by atoms with Crippen LogP contribution in [0.25, 0.3) is 11.1 Å². The van der Waals surface area contributed by atoms with E-state index in [0.717, 1.165) is 16.3 Å². The summed E-state index contributed by atoms with van der Waals surface area (Å²) in [5.74, 6) is -0.512. The van der Waals surface area contributed by atoms with Crippen molar-refractivity contribution >= 4 is 96.6 Å². The number of nitrogens with zero attached hydrogens (tertiary/aromatic N) is 1. The van der Waals surface area contributed by atoms with Crippen molar-refractivity contribution in [1.82, 2.24) is 0 Å². The number of nitro groups is 1. The number of nitro benzene ring substituents is 1. The van der Waals surface area contributed by atoms with Crippen molar-refractivity contribution in [3.05, 3.63) is 44.6 Å². The number of carbonyl (C=O) groups excluding carboxylic acids is 2. The van der Waals surface area contributed by atoms with Gasteiger partial charge in [0.1, 0.15) is 0 Å². The zero-order chi connectivity index (χ0) is 20.5. The van der Waals surface area contributed by atoms with Crippen LogP contribution in [0, 0.1) is 27.7 Å². The molecule has 0 aliphatic heterocycles. The van der Waals surface area contributed by atoms with Gasteiger partial charge in [-0.3, -0.25) is 19.7 Å². The van der Waals surface area contributed by atoms with Crippen molar-refractivity contribution < 1.29 is 14.5 Å². The molecule has 0 heterocycles. The Bertz CT molecular complexity index is 977. The maximum absolute atomic E-state index is 11.6. The molecule has 0 saturated carbocycles. The Morgan fingerprint density at radius 2 is 1.59 bits per heavy atom. The Hall–Kier alpha value is -1.03. The monoisotopic (exact) mass is 705 g/mol. The van der Waals surface area contributed by atoms with E-state index >= 15 is 0 Å². The lowest BCUT2D eigenvalue weighted by Crippen LogP contribution is -2.11. The van der Waals surface area contributed by atoms with Crippen LogP contribution in [0.1, 0.15) is 19.4 Å². The van der Waals surface area contributed by atoms with Gasteiger partial charge in [0, 0.05) is 36.2 Å². The highest BCUT2D eigenvalue weighted by Gasteiger charge is 2.22. The molecule has 10 heteroatoms. The topological polar surface area (TPSA) is 101 Å². The lowest BCUT2D eigenvalue weighted by Gasteiger charge is -2.17. The van der Waals surface area contributed by atoms with Crippen LogP contribution < -0.4 is 10.6 Å². The molecule has 2 N–H and O–H groups in total. The Balaban J connectivity index is 2.81. The summed E-state index contributed by atoms with van der Waals surface area (Å²) < 4.78 is 2.51. The molecule has 2 rings (SSSR count). The Morgan fingerprint density at radius 3 is 2.11 bits per heavy atom. The first-order valence-corrected chi connectivity index (χ1v) is 10.8. The third kappa shape index (κ3) is 5.07. The minimum atomic E-state index is -0.467. The summed E-state index contributed by atoms with van der Waals surface area (Å²) in [4.78, 5) is 34.1. The van der Waals surface area contributed by atoms with Crippen molar-refractivity contribution in [2.24, 2.45) is 0 Å². The molecule has 27 heavy (non-hydrogen) atoms. The lowest BCUT2D eigenvalue weighted by atomic mass is 10.0. The first-order chi connectivity index (χ1) is 12.5. The average molecular weight is 705 g/mol. The standard InChI is InChI=1S/C17H14I3N3O4/c1-7-13(21-8(2)24)4-10(5-14(7)23(26)27)15-11(18)6-12(19)17(16(15)20)22-9(3)25/h4-6H,1-3H3,(H,21,24)(H,22,25).